The van der Waals surface area contributed by atoms with Crippen molar-refractivity contribution in [1.82, 2.24) is 4.98 Å². The first kappa shape index (κ1) is 19.6. The average molecular weight is 406 g/mol. The number of hydrogen-bond donors (Lipinski definition) is 1. The van der Waals surface area contributed by atoms with Crippen LogP contribution in [-0.4, -0.2) is 22.7 Å². The van der Waals surface area contributed by atoms with Crippen LogP contribution in [-0.2, 0) is 11.8 Å². The lowest BCUT2D eigenvalue weighted by molar-refractivity contribution is -0.00520. The molecule has 0 aliphatic heterocycles. The SMILES string of the molecule is O=C(O)c1cccnc1CCCCOc1ccc(C23CC4CC(CC(C4)C2)C3)cc1. The van der Waals surface area contributed by atoms with Crippen molar-refractivity contribution in [2.45, 2.75) is 63.2 Å². The first-order valence-electron chi connectivity index (χ1n) is 11.5. The number of unbranched alkanes of at least 4 members (excludes halogenated alkanes) is 1. The van der Waals surface area contributed by atoms with Crippen molar-refractivity contribution in [2.75, 3.05) is 6.61 Å². The van der Waals surface area contributed by atoms with Gasteiger partial charge in [-0.1, -0.05) is 12.1 Å². The molecule has 30 heavy (non-hydrogen) atoms. The number of pyridine rings is 1. The van der Waals surface area contributed by atoms with Crippen LogP contribution in [0.15, 0.2) is 42.6 Å². The van der Waals surface area contributed by atoms with Gasteiger partial charge in [-0.2, -0.15) is 0 Å². The molecule has 4 fully saturated rings. The largest absolute Gasteiger partial charge is 0.494 e. The number of carboxylic acid groups (broad SMARTS) is 1. The molecule has 4 heteroatoms. The minimum atomic E-state index is -0.909. The Morgan fingerprint density at radius 3 is 2.30 bits per heavy atom. The molecule has 1 N–H and O–H groups in total. The highest BCUT2D eigenvalue weighted by atomic mass is 16.5. The summed E-state index contributed by atoms with van der Waals surface area (Å²) in [5.41, 5.74) is 2.94. The van der Waals surface area contributed by atoms with Gasteiger partial charge in [0.25, 0.3) is 0 Å². The number of aromatic nitrogens is 1. The summed E-state index contributed by atoms with van der Waals surface area (Å²) in [4.78, 5) is 15.5. The Bertz CT molecular complexity index is 869. The quantitative estimate of drug-likeness (QED) is 0.577. The third-order valence-corrected chi connectivity index (χ3v) is 7.70. The lowest BCUT2D eigenvalue weighted by Gasteiger charge is -2.57. The maximum absolute atomic E-state index is 11.3. The minimum Gasteiger partial charge on any atom is -0.494 e. The van der Waals surface area contributed by atoms with Crippen LogP contribution in [0.3, 0.4) is 0 Å². The van der Waals surface area contributed by atoms with Gasteiger partial charge in [0, 0.05) is 6.20 Å². The van der Waals surface area contributed by atoms with Gasteiger partial charge in [0.1, 0.15) is 5.75 Å². The Kier molecular flexibility index (Phi) is 5.26. The smallest absolute Gasteiger partial charge is 0.337 e. The summed E-state index contributed by atoms with van der Waals surface area (Å²) >= 11 is 0. The second-order valence-electron chi connectivity index (χ2n) is 9.83. The van der Waals surface area contributed by atoms with Gasteiger partial charge in [-0.3, -0.25) is 4.98 Å². The minimum absolute atomic E-state index is 0.304. The number of carboxylic acids is 1. The van der Waals surface area contributed by atoms with Gasteiger partial charge >= 0.3 is 5.97 Å². The molecule has 4 aliphatic rings. The molecule has 0 unspecified atom stereocenters. The van der Waals surface area contributed by atoms with Crippen LogP contribution in [0.2, 0.25) is 0 Å². The van der Waals surface area contributed by atoms with Gasteiger partial charge in [0.15, 0.2) is 0 Å². The summed E-state index contributed by atoms with van der Waals surface area (Å²) in [6.07, 6.45) is 12.7. The maximum atomic E-state index is 11.3. The lowest BCUT2D eigenvalue weighted by Crippen LogP contribution is -2.48. The van der Waals surface area contributed by atoms with E-state index in [1.807, 2.05) is 0 Å². The molecule has 6 rings (SSSR count). The first-order chi connectivity index (χ1) is 14.6. The van der Waals surface area contributed by atoms with E-state index in [2.05, 4.69) is 29.2 Å². The van der Waals surface area contributed by atoms with E-state index in [9.17, 15) is 9.90 Å². The number of carbonyl (C=O) groups is 1. The molecule has 0 radical (unpaired) electrons. The van der Waals surface area contributed by atoms with Gasteiger partial charge in [-0.25, -0.2) is 4.79 Å². The number of aryl methyl sites for hydroxylation is 1. The molecule has 4 nitrogen and oxygen atoms in total. The molecular weight excluding hydrogens is 374 g/mol. The summed E-state index contributed by atoms with van der Waals surface area (Å²) in [7, 11) is 0. The van der Waals surface area contributed by atoms with Crippen LogP contribution in [0, 0.1) is 17.8 Å². The summed E-state index contributed by atoms with van der Waals surface area (Å²) in [5.74, 6) is 2.93. The maximum Gasteiger partial charge on any atom is 0.337 e. The van der Waals surface area contributed by atoms with Gasteiger partial charge in [-0.15, -0.1) is 0 Å². The zero-order valence-corrected chi connectivity index (χ0v) is 17.6. The molecule has 1 heterocycles. The van der Waals surface area contributed by atoms with Crippen LogP contribution in [0.4, 0.5) is 0 Å². The Morgan fingerprint density at radius 1 is 1.00 bits per heavy atom. The number of rotatable bonds is 8. The molecule has 1 aromatic heterocycles. The van der Waals surface area contributed by atoms with E-state index in [-0.39, 0.29) is 0 Å². The fraction of sp³-hybridized carbons (Fsp3) is 0.538. The van der Waals surface area contributed by atoms with E-state index in [4.69, 9.17) is 4.74 Å². The Hall–Kier alpha value is -2.36. The van der Waals surface area contributed by atoms with Crippen molar-refractivity contribution in [3.8, 4) is 5.75 Å². The molecule has 4 aliphatic carbocycles. The molecule has 0 atom stereocenters. The topological polar surface area (TPSA) is 59.4 Å². The molecule has 4 saturated carbocycles. The van der Waals surface area contributed by atoms with Gasteiger partial charge in [-0.05, 0) is 111 Å². The molecule has 158 valence electrons. The third kappa shape index (κ3) is 3.84. The second kappa shape index (κ2) is 8.05. The van der Waals surface area contributed by atoms with E-state index in [1.54, 1.807) is 18.3 Å². The van der Waals surface area contributed by atoms with Crippen LogP contribution >= 0.6 is 0 Å². The monoisotopic (exact) mass is 405 g/mol. The predicted molar refractivity (Wildman–Crippen MR) is 116 cm³/mol. The number of nitrogens with zero attached hydrogens (tertiary/aromatic N) is 1. The number of hydrogen-bond acceptors (Lipinski definition) is 3. The van der Waals surface area contributed by atoms with E-state index in [0.29, 0.717) is 29.7 Å². The zero-order valence-electron chi connectivity index (χ0n) is 17.6. The van der Waals surface area contributed by atoms with E-state index in [1.165, 1.54) is 44.1 Å². The molecule has 4 bridgehead atoms. The van der Waals surface area contributed by atoms with E-state index in [0.717, 1.165) is 36.3 Å². The van der Waals surface area contributed by atoms with Gasteiger partial charge < -0.3 is 9.84 Å². The average Bonchev–Trinajstić information content (AvgIpc) is 2.73. The third-order valence-electron chi connectivity index (χ3n) is 7.70. The fourth-order valence-corrected chi connectivity index (χ4v) is 6.79. The highest BCUT2D eigenvalue weighted by Gasteiger charge is 2.51. The van der Waals surface area contributed by atoms with Crippen molar-refractivity contribution < 1.29 is 14.6 Å². The first-order valence-corrected chi connectivity index (χ1v) is 11.5. The number of aromatic carboxylic acids is 1. The molecule has 1 aromatic carbocycles. The summed E-state index contributed by atoms with van der Waals surface area (Å²) < 4.78 is 5.96. The Morgan fingerprint density at radius 2 is 1.67 bits per heavy atom. The number of benzene rings is 1. The molecule has 0 saturated heterocycles. The second-order valence-corrected chi connectivity index (χ2v) is 9.83. The van der Waals surface area contributed by atoms with Crippen molar-refractivity contribution in [3.05, 3.63) is 59.4 Å². The van der Waals surface area contributed by atoms with E-state index < -0.39 is 5.97 Å². The van der Waals surface area contributed by atoms with E-state index >= 15 is 0 Å². The molecule has 0 spiro atoms. The van der Waals surface area contributed by atoms with Crippen LogP contribution in [0.1, 0.15) is 73.0 Å². The van der Waals surface area contributed by atoms with Crippen molar-refractivity contribution in [1.29, 1.82) is 0 Å². The van der Waals surface area contributed by atoms with Crippen LogP contribution in [0.25, 0.3) is 0 Å². The van der Waals surface area contributed by atoms with Gasteiger partial charge in [0.2, 0.25) is 0 Å². The predicted octanol–water partition coefficient (Wildman–Crippen LogP) is 5.65. The fourth-order valence-electron chi connectivity index (χ4n) is 6.79. The van der Waals surface area contributed by atoms with Crippen molar-refractivity contribution in [3.63, 3.8) is 0 Å². The van der Waals surface area contributed by atoms with Crippen LogP contribution in [0.5, 0.6) is 5.75 Å². The highest BCUT2D eigenvalue weighted by molar-refractivity contribution is 5.88. The Balaban J connectivity index is 1.12. The molecular formula is C26H31NO3. The van der Waals surface area contributed by atoms with Gasteiger partial charge in [0.05, 0.1) is 17.9 Å². The van der Waals surface area contributed by atoms with Crippen molar-refractivity contribution >= 4 is 5.97 Å². The molecule has 0 amide bonds. The Labute approximate surface area is 178 Å². The molecule has 2 aromatic rings. The normalized spacial score (nSPS) is 29.1. The summed E-state index contributed by atoms with van der Waals surface area (Å²) in [6, 6.07) is 12.2. The zero-order chi connectivity index (χ0) is 20.6. The highest BCUT2D eigenvalue weighted by Crippen LogP contribution is 2.60. The van der Waals surface area contributed by atoms with Crippen LogP contribution < -0.4 is 4.74 Å². The van der Waals surface area contributed by atoms with Crippen molar-refractivity contribution in [2.24, 2.45) is 17.8 Å². The lowest BCUT2D eigenvalue weighted by atomic mass is 9.48. The summed E-state index contributed by atoms with van der Waals surface area (Å²) in [6.45, 7) is 0.645. The standard InChI is InChI=1S/C26H31NO3/c28-25(29)23-4-3-10-27-24(23)5-1-2-11-30-22-8-6-21(7-9-22)26-15-18-12-19(16-26)14-20(13-18)17-26/h3-4,6-10,18-20H,1-2,5,11-17H2,(H,28,29). The number of ether oxygens (including phenoxy) is 1. The summed E-state index contributed by atoms with van der Waals surface area (Å²) in [5, 5.41) is 9.24.